The first kappa shape index (κ1) is 16.0. The highest BCUT2D eigenvalue weighted by atomic mass is 79.9. The summed E-state index contributed by atoms with van der Waals surface area (Å²) in [6, 6.07) is 8.23. The van der Waals surface area contributed by atoms with Crippen molar-refractivity contribution in [3.8, 4) is 0 Å². The summed E-state index contributed by atoms with van der Waals surface area (Å²) < 4.78 is 28.0. The average molecular weight is 390 g/mol. The molecule has 1 heterocycles. The summed E-state index contributed by atoms with van der Waals surface area (Å²) in [5, 5.41) is 8.72. The van der Waals surface area contributed by atoms with Crippen LogP contribution in [0.5, 0.6) is 0 Å². The third kappa shape index (κ3) is 4.05. The van der Waals surface area contributed by atoms with Crippen molar-refractivity contribution in [1.29, 1.82) is 0 Å². The fraction of sp³-hybridized carbons (Fsp3) is 0.154. The summed E-state index contributed by atoms with van der Waals surface area (Å²) in [5.41, 5.74) is 1.28. The number of carboxylic acid groups (broad SMARTS) is 1. The molecule has 0 aliphatic heterocycles. The third-order valence-electron chi connectivity index (χ3n) is 2.67. The molecule has 1 aromatic carbocycles. The van der Waals surface area contributed by atoms with Crippen molar-refractivity contribution >= 4 is 48.9 Å². The number of aliphatic carboxylic acids is 1. The van der Waals surface area contributed by atoms with Crippen molar-refractivity contribution in [2.75, 3.05) is 4.72 Å². The molecule has 0 atom stereocenters. The molecule has 0 radical (unpaired) electrons. The Morgan fingerprint density at radius 2 is 2.05 bits per heavy atom. The largest absolute Gasteiger partial charge is 0.481 e. The van der Waals surface area contributed by atoms with Gasteiger partial charge in [-0.1, -0.05) is 22.0 Å². The molecular formula is C13H12BrNO4S2. The lowest BCUT2D eigenvalue weighted by Crippen LogP contribution is -2.12. The molecule has 5 nitrogen and oxygen atoms in total. The van der Waals surface area contributed by atoms with Gasteiger partial charge in [0.1, 0.15) is 4.21 Å². The highest BCUT2D eigenvalue weighted by Crippen LogP contribution is 2.27. The summed E-state index contributed by atoms with van der Waals surface area (Å²) in [7, 11) is -3.71. The van der Waals surface area contributed by atoms with Crippen molar-refractivity contribution in [1.82, 2.24) is 0 Å². The van der Waals surface area contributed by atoms with E-state index in [2.05, 4.69) is 20.7 Å². The summed E-state index contributed by atoms with van der Waals surface area (Å²) in [6.45, 7) is 1.80. The molecule has 0 saturated heterocycles. The summed E-state index contributed by atoms with van der Waals surface area (Å²) in [6.07, 6.45) is -0.184. The second kappa shape index (κ2) is 6.17. The van der Waals surface area contributed by atoms with E-state index in [1.165, 1.54) is 12.1 Å². The predicted octanol–water partition coefficient (Wildman–Crippen LogP) is 3.25. The summed E-state index contributed by atoms with van der Waals surface area (Å²) >= 11 is 4.25. The first-order chi connectivity index (χ1) is 9.78. The fourth-order valence-electron chi connectivity index (χ4n) is 1.65. The van der Waals surface area contributed by atoms with E-state index in [1.54, 1.807) is 19.1 Å². The average Bonchev–Trinajstić information content (AvgIpc) is 2.82. The number of carboxylic acids is 1. The molecule has 1 aromatic heterocycles. The first-order valence-electron chi connectivity index (χ1n) is 5.87. The number of sulfonamides is 1. The molecule has 0 aliphatic rings. The lowest BCUT2D eigenvalue weighted by molar-refractivity contribution is -0.136. The maximum atomic E-state index is 12.3. The predicted molar refractivity (Wildman–Crippen MR) is 85.3 cm³/mol. The number of anilines is 1. The van der Waals surface area contributed by atoms with Crippen LogP contribution in [0.2, 0.25) is 0 Å². The van der Waals surface area contributed by atoms with Gasteiger partial charge in [-0.25, -0.2) is 8.42 Å². The summed E-state index contributed by atoms with van der Waals surface area (Å²) in [4.78, 5) is 11.1. The highest BCUT2D eigenvalue weighted by Gasteiger charge is 2.18. The molecule has 2 rings (SSSR count). The van der Waals surface area contributed by atoms with Crippen LogP contribution in [0, 0.1) is 6.92 Å². The molecule has 0 saturated carbocycles. The molecule has 2 N–H and O–H groups in total. The molecule has 0 unspecified atom stereocenters. The molecule has 0 fully saturated rings. The van der Waals surface area contributed by atoms with Crippen LogP contribution in [0.4, 0.5) is 5.69 Å². The van der Waals surface area contributed by atoms with Crippen LogP contribution >= 0.6 is 27.3 Å². The van der Waals surface area contributed by atoms with E-state index in [0.717, 1.165) is 21.4 Å². The number of carbonyl (C=O) groups is 1. The maximum Gasteiger partial charge on any atom is 0.308 e. The van der Waals surface area contributed by atoms with E-state index in [1.807, 2.05) is 6.07 Å². The number of benzene rings is 1. The van der Waals surface area contributed by atoms with E-state index in [0.29, 0.717) is 10.6 Å². The Bertz CT molecular complexity index is 783. The van der Waals surface area contributed by atoms with E-state index in [9.17, 15) is 13.2 Å². The van der Waals surface area contributed by atoms with Crippen LogP contribution in [0.3, 0.4) is 0 Å². The number of hydrogen-bond donors (Lipinski definition) is 2. The van der Waals surface area contributed by atoms with E-state index < -0.39 is 16.0 Å². The zero-order valence-electron chi connectivity index (χ0n) is 11.0. The Labute approximate surface area is 134 Å². The molecule has 112 valence electrons. The molecule has 2 aromatic rings. The van der Waals surface area contributed by atoms with Gasteiger partial charge in [-0.15, -0.1) is 11.3 Å². The zero-order valence-corrected chi connectivity index (χ0v) is 14.2. The molecular weight excluding hydrogens is 378 g/mol. The van der Waals surface area contributed by atoms with Gasteiger partial charge in [0.05, 0.1) is 12.1 Å². The van der Waals surface area contributed by atoms with Gasteiger partial charge in [0.15, 0.2) is 0 Å². The minimum atomic E-state index is -3.71. The van der Waals surface area contributed by atoms with Crippen LogP contribution in [0.15, 0.2) is 39.0 Å². The Morgan fingerprint density at radius 3 is 2.71 bits per heavy atom. The number of nitrogens with one attached hydrogen (secondary N) is 1. The third-order valence-corrected chi connectivity index (χ3v) is 6.11. The molecule has 8 heteroatoms. The molecule has 21 heavy (non-hydrogen) atoms. The van der Waals surface area contributed by atoms with Crippen molar-refractivity contribution < 1.29 is 18.3 Å². The van der Waals surface area contributed by atoms with Crippen LogP contribution < -0.4 is 4.72 Å². The first-order valence-corrected chi connectivity index (χ1v) is 8.97. The number of halogens is 1. The van der Waals surface area contributed by atoms with E-state index >= 15 is 0 Å². The maximum absolute atomic E-state index is 12.3. The second-order valence-electron chi connectivity index (χ2n) is 4.36. The van der Waals surface area contributed by atoms with Gasteiger partial charge >= 0.3 is 5.97 Å². The number of aryl methyl sites for hydroxylation is 1. The lowest BCUT2D eigenvalue weighted by atomic mass is 10.2. The van der Waals surface area contributed by atoms with Gasteiger partial charge in [0.25, 0.3) is 10.0 Å². The van der Waals surface area contributed by atoms with Gasteiger partial charge in [-0.05, 0) is 36.8 Å². The fourth-order valence-corrected chi connectivity index (χ4v) is 4.48. The number of thiophene rings is 1. The standard InChI is InChI=1S/C13H12BrNO4S2/c1-8-2-3-9(14)6-11(8)15-21(18,19)13-5-4-10(20-13)7-12(16)17/h2-6,15H,7H2,1H3,(H,16,17). The molecule has 0 spiro atoms. The smallest absolute Gasteiger partial charge is 0.308 e. The number of hydrogen-bond acceptors (Lipinski definition) is 4. The highest BCUT2D eigenvalue weighted by molar-refractivity contribution is 9.10. The van der Waals surface area contributed by atoms with Crippen LogP contribution in [-0.4, -0.2) is 19.5 Å². The Balaban J connectivity index is 2.28. The van der Waals surface area contributed by atoms with Crippen molar-refractivity contribution in [3.63, 3.8) is 0 Å². The molecule has 0 bridgehead atoms. The monoisotopic (exact) mass is 389 g/mol. The van der Waals surface area contributed by atoms with Gasteiger partial charge in [-0.3, -0.25) is 9.52 Å². The number of rotatable bonds is 5. The van der Waals surface area contributed by atoms with Gasteiger partial charge < -0.3 is 5.11 Å². The minimum absolute atomic E-state index is 0.0955. The molecule has 0 aliphatic carbocycles. The topological polar surface area (TPSA) is 83.5 Å². The second-order valence-corrected chi connectivity index (χ2v) is 8.35. The van der Waals surface area contributed by atoms with Crippen LogP contribution in [-0.2, 0) is 21.2 Å². The van der Waals surface area contributed by atoms with Gasteiger partial charge in [-0.2, -0.15) is 0 Å². The van der Waals surface area contributed by atoms with Gasteiger partial charge in [0.2, 0.25) is 0 Å². The zero-order chi connectivity index (χ0) is 15.6. The Hall–Kier alpha value is -1.38. The minimum Gasteiger partial charge on any atom is -0.481 e. The Kier molecular flexibility index (Phi) is 4.70. The molecule has 0 amide bonds. The quantitative estimate of drug-likeness (QED) is 0.821. The Morgan fingerprint density at radius 1 is 1.33 bits per heavy atom. The summed E-state index contributed by atoms with van der Waals surface area (Å²) in [5.74, 6) is -0.989. The van der Waals surface area contributed by atoms with Crippen molar-refractivity contribution in [2.24, 2.45) is 0 Å². The van der Waals surface area contributed by atoms with E-state index in [4.69, 9.17) is 5.11 Å². The van der Waals surface area contributed by atoms with Crippen LogP contribution in [0.25, 0.3) is 0 Å². The van der Waals surface area contributed by atoms with Gasteiger partial charge in [0, 0.05) is 9.35 Å². The van der Waals surface area contributed by atoms with E-state index in [-0.39, 0.29) is 10.6 Å². The normalized spacial score (nSPS) is 11.3. The van der Waals surface area contributed by atoms with Crippen molar-refractivity contribution in [2.45, 2.75) is 17.6 Å². The SMILES string of the molecule is Cc1ccc(Br)cc1NS(=O)(=O)c1ccc(CC(=O)O)s1. The van der Waals surface area contributed by atoms with Crippen LogP contribution in [0.1, 0.15) is 10.4 Å². The lowest BCUT2D eigenvalue weighted by Gasteiger charge is -2.09. The van der Waals surface area contributed by atoms with Crippen molar-refractivity contribution in [3.05, 3.63) is 45.2 Å².